The molecule has 2 aliphatic rings. The zero-order chi connectivity index (χ0) is 12.5. The molecule has 0 bridgehead atoms. The molecule has 96 valence electrons. The standard InChI is InChI=1S/C15H21N3/c1-3-14-8-15(17-11(2)16-14)18-9-12-6-4-5-7-13(12)10-18/h4-5,8,12-13H,3,6-7,9-10H2,1-2H3. The summed E-state index contributed by atoms with van der Waals surface area (Å²) in [5.41, 5.74) is 1.16. The molecule has 1 saturated heterocycles. The van der Waals surface area contributed by atoms with Gasteiger partial charge in [-0.3, -0.25) is 0 Å². The van der Waals surface area contributed by atoms with Crippen LogP contribution < -0.4 is 4.90 Å². The van der Waals surface area contributed by atoms with Crippen LogP contribution in [0.15, 0.2) is 18.2 Å². The Balaban J connectivity index is 1.82. The van der Waals surface area contributed by atoms with Gasteiger partial charge in [0.2, 0.25) is 0 Å². The molecule has 0 radical (unpaired) electrons. The fourth-order valence-electron chi connectivity index (χ4n) is 3.16. The third kappa shape index (κ3) is 2.14. The van der Waals surface area contributed by atoms with E-state index < -0.39 is 0 Å². The first-order valence-corrected chi connectivity index (χ1v) is 7.00. The minimum absolute atomic E-state index is 0.829. The van der Waals surface area contributed by atoms with Gasteiger partial charge < -0.3 is 4.90 Å². The van der Waals surface area contributed by atoms with Crippen molar-refractivity contribution in [1.29, 1.82) is 0 Å². The lowest BCUT2D eigenvalue weighted by Crippen LogP contribution is -2.22. The van der Waals surface area contributed by atoms with Crippen molar-refractivity contribution in [3.8, 4) is 0 Å². The maximum Gasteiger partial charge on any atom is 0.132 e. The van der Waals surface area contributed by atoms with Crippen molar-refractivity contribution >= 4 is 5.82 Å². The first kappa shape index (κ1) is 11.7. The Labute approximate surface area is 109 Å². The third-order valence-electron chi connectivity index (χ3n) is 4.18. The second-order valence-corrected chi connectivity index (χ2v) is 5.49. The number of fused-ring (bicyclic) bond motifs is 1. The average molecular weight is 243 g/mol. The van der Waals surface area contributed by atoms with Crippen LogP contribution >= 0.6 is 0 Å². The molecule has 0 aromatic carbocycles. The van der Waals surface area contributed by atoms with E-state index in [1.165, 1.54) is 12.8 Å². The second kappa shape index (κ2) is 4.71. The highest BCUT2D eigenvalue weighted by atomic mass is 15.2. The summed E-state index contributed by atoms with van der Waals surface area (Å²) in [7, 11) is 0. The van der Waals surface area contributed by atoms with Crippen molar-refractivity contribution in [3.05, 3.63) is 29.7 Å². The molecule has 0 N–H and O–H groups in total. The van der Waals surface area contributed by atoms with Crippen LogP contribution in [0, 0.1) is 18.8 Å². The molecule has 2 heterocycles. The van der Waals surface area contributed by atoms with Gasteiger partial charge in [-0.1, -0.05) is 19.1 Å². The van der Waals surface area contributed by atoms with E-state index in [0.29, 0.717) is 0 Å². The number of allylic oxidation sites excluding steroid dienone is 2. The summed E-state index contributed by atoms with van der Waals surface area (Å²) in [6.07, 6.45) is 8.15. The van der Waals surface area contributed by atoms with Crippen LogP contribution in [0.2, 0.25) is 0 Å². The van der Waals surface area contributed by atoms with Crippen LogP contribution in [0.5, 0.6) is 0 Å². The van der Waals surface area contributed by atoms with Crippen LogP contribution in [0.4, 0.5) is 5.82 Å². The van der Waals surface area contributed by atoms with Gasteiger partial charge >= 0.3 is 0 Å². The van der Waals surface area contributed by atoms with Crippen molar-refractivity contribution in [2.75, 3.05) is 18.0 Å². The van der Waals surface area contributed by atoms with Crippen molar-refractivity contribution in [2.24, 2.45) is 11.8 Å². The minimum Gasteiger partial charge on any atom is -0.356 e. The van der Waals surface area contributed by atoms with Gasteiger partial charge in [0.15, 0.2) is 0 Å². The Morgan fingerprint density at radius 2 is 1.83 bits per heavy atom. The van der Waals surface area contributed by atoms with Gasteiger partial charge in [-0.2, -0.15) is 0 Å². The second-order valence-electron chi connectivity index (χ2n) is 5.49. The van der Waals surface area contributed by atoms with Gasteiger partial charge in [0.1, 0.15) is 11.6 Å². The quantitative estimate of drug-likeness (QED) is 0.748. The maximum atomic E-state index is 4.62. The van der Waals surface area contributed by atoms with Crippen LogP contribution in [-0.2, 0) is 6.42 Å². The van der Waals surface area contributed by atoms with Crippen LogP contribution in [-0.4, -0.2) is 23.1 Å². The minimum atomic E-state index is 0.829. The number of aryl methyl sites for hydroxylation is 2. The van der Waals surface area contributed by atoms with Gasteiger partial charge in [-0.05, 0) is 38.0 Å². The molecule has 18 heavy (non-hydrogen) atoms. The monoisotopic (exact) mass is 243 g/mol. The van der Waals surface area contributed by atoms with Gasteiger partial charge in [-0.15, -0.1) is 0 Å². The first-order chi connectivity index (χ1) is 8.76. The molecule has 1 aromatic rings. The molecule has 0 amide bonds. The molecule has 0 saturated carbocycles. The summed E-state index contributed by atoms with van der Waals surface area (Å²) < 4.78 is 0. The molecule has 2 atom stereocenters. The van der Waals surface area contributed by atoms with Crippen LogP contribution in [0.3, 0.4) is 0 Å². The molecule has 3 heteroatoms. The normalized spacial score (nSPS) is 26.4. The van der Waals surface area contributed by atoms with E-state index in [9.17, 15) is 0 Å². The van der Waals surface area contributed by atoms with Crippen molar-refractivity contribution in [3.63, 3.8) is 0 Å². The summed E-state index contributed by atoms with van der Waals surface area (Å²) in [6.45, 7) is 6.47. The predicted octanol–water partition coefficient (Wildman–Crippen LogP) is 2.75. The Hall–Kier alpha value is -1.38. The van der Waals surface area contributed by atoms with Gasteiger partial charge in [-0.25, -0.2) is 9.97 Å². The molecular formula is C15H21N3. The highest BCUT2D eigenvalue weighted by molar-refractivity contribution is 5.42. The van der Waals surface area contributed by atoms with E-state index in [0.717, 1.165) is 48.7 Å². The molecule has 1 aliphatic heterocycles. The summed E-state index contributed by atoms with van der Waals surface area (Å²) in [5, 5.41) is 0. The highest BCUT2D eigenvalue weighted by Crippen LogP contribution is 2.34. The Kier molecular flexibility index (Phi) is 3.06. The highest BCUT2D eigenvalue weighted by Gasteiger charge is 2.33. The lowest BCUT2D eigenvalue weighted by Gasteiger charge is -2.18. The molecule has 3 nitrogen and oxygen atoms in total. The summed E-state index contributed by atoms with van der Waals surface area (Å²) in [4.78, 5) is 11.5. The third-order valence-corrected chi connectivity index (χ3v) is 4.18. The number of hydrogen-bond donors (Lipinski definition) is 0. The first-order valence-electron chi connectivity index (χ1n) is 7.00. The van der Waals surface area contributed by atoms with E-state index in [-0.39, 0.29) is 0 Å². The summed E-state index contributed by atoms with van der Waals surface area (Å²) in [6, 6.07) is 2.16. The van der Waals surface area contributed by atoms with Gasteiger partial charge in [0, 0.05) is 24.8 Å². The number of aromatic nitrogens is 2. The lowest BCUT2D eigenvalue weighted by molar-refractivity contribution is 0.411. The Morgan fingerprint density at radius 3 is 2.44 bits per heavy atom. The molecule has 1 aromatic heterocycles. The molecule has 0 spiro atoms. The van der Waals surface area contributed by atoms with Crippen LogP contribution in [0.1, 0.15) is 31.3 Å². The number of hydrogen-bond acceptors (Lipinski definition) is 3. The molecule has 1 fully saturated rings. The predicted molar refractivity (Wildman–Crippen MR) is 73.7 cm³/mol. The number of anilines is 1. The SMILES string of the molecule is CCc1cc(N2CC3CC=CCC3C2)nc(C)n1. The van der Waals surface area contributed by atoms with Gasteiger partial charge in [0.25, 0.3) is 0 Å². The van der Waals surface area contributed by atoms with Crippen molar-refractivity contribution in [1.82, 2.24) is 9.97 Å². The zero-order valence-electron chi connectivity index (χ0n) is 11.3. The number of nitrogens with zero attached hydrogens (tertiary/aromatic N) is 3. The summed E-state index contributed by atoms with van der Waals surface area (Å²) >= 11 is 0. The van der Waals surface area contributed by atoms with Gasteiger partial charge in [0.05, 0.1) is 0 Å². The lowest BCUT2D eigenvalue weighted by atomic mass is 9.86. The fourth-order valence-corrected chi connectivity index (χ4v) is 3.16. The number of rotatable bonds is 2. The maximum absolute atomic E-state index is 4.62. The van der Waals surface area contributed by atoms with Crippen molar-refractivity contribution < 1.29 is 0 Å². The molecule has 1 aliphatic carbocycles. The van der Waals surface area contributed by atoms with Crippen LogP contribution in [0.25, 0.3) is 0 Å². The molecule has 2 unspecified atom stereocenters. The topological polar surface area (TPSA) is 29.0 Å². The molecule has 3 rings (SSSR count). The van der Waals surface area contributed by atoms with E-state index in [4.69, 9.17) is 0 Å². The van der Waals surface area contributed by atoms with E-state index in [1.54, 1.807) is 0 Å². The summed E-state index contributed by atoms with van der Waals surface area (Å²) in [5.74, 6) is 3.69. The smallest absolute Gasteiger partial charge is 0.132 e. The Bertz CT molecular complexity index is 451. The molecular weight excluding hydrogens is 222 g/mol. The van der Waals surface area contributed by atoms with E-state index in [1.807, 2.05) is 6.92 Å². The zero-order valence-corrected chi connectivity index (χ0v) is 11.3. The average Bonchev–Trinajstić information content (AvgIpc) is 2.81. The Morgan fingerprint density at radius 1 is 1.17 bits per heavy atom. The van der Waals surface area contributed by atoms with Crippen molar-refractivity contribution in [2.45, 2.75) is 33.1 Å². The largest absolute Gasteiger partial charge is 0.356 e. The fraction of sp³-hybridized carbons (Fsp3) is 0.600. The van der Waals surface area contributed by atoms with E-state index in [2.05, 4.69) is 40.0 Å². The van der Waals surface area contributed by atoms with E-state index >= 15 is 0 Å².